The number of ketones is 2. The van der Waals surface area contributed by atoms with Crippen LogP contribution in [0.5, 0.6) is 0 Å². The Labute approximate surface area is 143 Å². The van der Waals surface area contributed by atoms with Gasteiger partial charge in [-0.1, -0.05) is 68.3 Å². The van der Waals surface area contributed by atoms with Gasteiger partial charge in [0.15, 0.2) is 11.6 Å². The third-order valence-electron chi connectivity index (χ3n) is 3.95. The van der Waals surface area contributed by atoms with E-state index in [1.165, 1.54) is 0 Å². The van der Waals surface area contributed by atoms with Crippen LogP contribution in [0.1, 0.15) is 31.8 Å². The van der Waals surface area contributed by atoms with Crippen molar-refractivity contribution in [3.8, 4) is 0 Å². The van der Waals surface area contributed by atoms with Crippen LogP contribution in [0, 0.1) is 0 Å². The summed E-state index contributed by atoms with van der Waals surface area (Å²) in [5, 5.41) is 1.73. The Morgan fingerprint density at radius 1 is 0.636 bits per heavy atom. The third-order valence-corrected chi connectivity index (χ3v) is 5.27. The number of carbonyl (C=O) groups excluding carboxylic acids is 2. The van der Waals surface area contributed by atoms with Crippen molar-refractivity contribution in [1.82, 2.24) is 0 Å². The maximum absolute atomic E-state index is 13.0. The number of carbonyl (C=O) groups is 2. The van der Waals surface area contributed by atoms with E-state index in [0.717, 1.165) is 15.2 Å². The summed E-state index contributed by atoms with van der Waals surface area (Å²) in [5.41, 5.74) is 1.85. The van der Waals surface area contributed by atoms with Gasteiger partial charge in [0.2, 0.25) is 0 Å². The highest BCUT2D eigenvalue weighted by atomic mass is 79.9. The van der Waals surface area contributed by atoms with Gasteiger partial charge < -0.3 is 0 Å². The fraction of sp³-hybridized carbons (Fsp3) is 0. The first-order valence-electron chi connectivity index (χ1n) is 6.68. The number of rotatable bonds is 0. The second kappa shape index (κ2) is 4.86. The molecule has 0 unspecified atom stereocenters. The molecule has 4 rings (SSSR count). The predicted octanol–water partition coefficient (Wildman–Crippen LogP) is 5.14. The van der Waals surface area contributed by atoms with Gasteiger partial charge in [0.1, 0.15) is 0 Å². The summed E-state index contributed by atoms with van der Waals surface area (Å²) in [7, 11) is 0. The molecule has 0 aliphatic heterocycles. The number of hydrogen-bond donors (Lipinski definition) is 0. The van der Waals surface area contributed by atoms with E-state index in [-0.39, 0.29) is 11.6 Å². The lowest BCUT2D eigenvalue weighted by Gasteiger charge is -2.20. The molecule has 0 spiro atoms. The van der Waals surface area contributed by atoms with Crippen LogP contribution in [0.2, 0.25) is 0 Å². The SMILES string of the molecule is O=C1c2cccc(Br)c2C(=O)c2c1cc(Br)c1ccccc21. The van der Waals surface area contributed by atoms with E-state index < -0.39 is 0 Å². The molecule has 1 aliphatic carbocycles. The first-order valence-corrected chi connectivity index (χ1v) is 8.27. The molecule has 3 aromatic carbocycles. The number of benzene rings is 3. The van der Waals surface area contributed by atoms with Crippen LogP contribution in [0.25, 0.3) is 10.8 Å². The van der Waals surface area contributed by atoms with Crippen LogP contribution in [0.15, 0.2) is 57.5 Å². The van der Waals surface area contributed by atoms with Crippen LogP contribution in [-0.4, -0.2) is 11.6 Å². The van der Waals surface area contributed by atoms with Gasteiger partial charge in [-0.25, -0.2) is 0 Å². The topological polar surface area (TPSA) is 34.1 Å². The fourth-order valence-corrected chi connectivity index (χ4v) is 4.09. The smallest absolute Gasteiger partial charge is 0.196 e. The highest BCUT2D eigenvalue weighted by Crippen LogP contribution is 2.38. The summed E-state index contributed by atoms with van der Waals surface area (Å²) in [4.78, 5) is 25.8. The third kappa shape index (κ3) is 1.77. The van der Waals surface area contributed by atoms with Gasteiger partial charge in [0, 0.05) is 31.2 Å². The van der Waals surface area contributed by atoms with Crippen molar-refractivity contribution in [1.29, 1.82) is 0 Å². The minimum absolute atomic E-state index is 0.110. The summed E-state index contributed by atoms with van der Waals surface area (Å²) in [6, 6.07) is 14.6. The fourth-order valence-electron chi connectivity index (χ4n) is 2.97. The Bertz CT molecular complexity index is 990. The predicted molar refractivity (Wildman–Crippen MR) is 92.7 cm³/mol. The van der Waals surface area contributed by atoms with Gasteiger partial charge in [-0.3, -0.25) is 9.59 Å². The lowest BCUT2D eigenvalue weighted by atomic mass is 9.82. The van der Waals surface area contributed by atoms with Gasteiger partial charge in [-0.05, 0) is 22.9 Å². The van der Waals surface area contributed by atoms with E-state index in [4.69, 9.17) is 0 Å². The second-order valence-electron chi connectivity index (χ2n) is 5.15. The maximum atomic E-state index is 13.0. The van der Waals surface area contributed by atoms with Crippen LogP contribution < -0.4 is 0 Å². The van der Waals surface area contributed by atoms with Crippen molar-refractivity contribution in [3.63, 3.8) is 0 Å². The van der Waals surface area contributed by atoms with Crippen LogP contribution in [-0.2, 0) is 0 Å². The molecule has 0 N–H and O–H groups in total. The quantitative estimate of drug-likeness (QED) is 0.398. The molecule has 0 amide bonds. The molecule has 3 aromatic rings. The van der Waals surface area contributed by atoms with Crippen molar-refractivity contribution < 1.29 is 9.59 Å². The first-order chi connectivity index (χ1) is 10.6. The van der Waals surface area contributed by atoms with E-state index in [0.29, 0.717) is 26.7 Å². The molecule has 0 radical (unpaired) electrons. The lowest BCUT2D eigenvalue weighted by molar-refractivity contribution is 0.0979. The summed E-state index contributed by atoms with van der Waals surface area (Å²) < 4.78 is 1.47. The summed E-state index contributed by atoms with van der Waals surface area (Å²) >= 11 is 6.90. The summed E-state index contributed by atoms with van der Waals surface area (Å²) in [6.07, 6.45) is 0. The Morgan fingerprint density at radius 3 is 2.14 bits per heavy atom. The van der Waals surface area contributed by atoms with Crippen LogP contribution >= 0.6 is 31.9 Å². The first kappa shape index (κ1) is 13.9. The van der Waals surface area contributed by atoms with E-state index in [9.17, 15) is 9.59 Å². The van der Waals surface area contributed by atoms with Crippen LogP contribution in [0.4, 0.5) is 0 Å². The average molecular weight is 416 g/mol. The van der Waals surface area contributed by atoms with E-state index in [1.807, 2.05) is 24.3 Å². The number of halogens is 2. The minimum Gasteiger partial charge on any atom is -0.289 e. The molecular weight excluding hydrogens is 408 g/mol. The van der Waals surface area contributed by atoms with Crippen molar-refractivity contribution in [2.24, 2.45) is 0 Å². The number of fused-ring (bicyclic) bond motifs is 4. The molecule has 0 bridgehead atoms. The zero-order valence-corrected chi connectivity index (χ0v) is 14.4. The van der Waals surface area contributed by atoms with Gasteiger partial charge in [-0.15, -0.1) is 0 Å². The summed E-state index contributed by atoms with van der Waals surface area (Å²) in [6.45, 7) is 0. The molecule has 1 aliphatic rings. The van der Waals surface area contributed by atoms with Crippen molar-refractivity contribution in [2.45, 2.75) is 0 Å². The molecule has 0 atom stereocenters. The standard InChI is InChI=1S/C18H8Br2O2/c19-13-7-3-6-11-16(13)18(22)15-10-5-2-1-4-9(10)14(20)8-12(15)17(11)21/h1-8H. The molecule has 0 heterocycles. The molecule has 0 saturated heterocycles. The maximum Gasteiger partial charge on any atom is 0.196 e. The molecule has 4 heteroatoms. The Morgan fingerprint density at radius 2 is 1.36 bits per heavy atom. The zero-order valence-electron chi connectivity index (χ0n) is 11.2. The van der Waals surface area contributed by atoms with Gasteiger partial charge in [-0.2, -0.15) is 0 Å². The van der Waals surface area contributed by atoms with Gasteiger partial charge in [0.05, 0.1) is 0 Å². The largest absolute Gasteiger partial charge is 0.289 e. The average Bonchev–Trinajstić information content (AvgIpc) is 2.52. The second-order valence-corrected chi connectivity index (χ2v) is 6.86. The Balaban J connectivity index is 2.17. The Kier molecular flexibility index (Phi) is 3.06. The van der Waals surface area contributed by atoms with Crippen molar-refractivity contribution in [2.75, 3.05) is 0 Å². The van der Waals surface area contributed by atoms with E-state index in [1.54, 1.807) is 24.3 Å². The van der Waals surface area contributed by atoms with E-state index >= 15 is 0 Å². The summed E-state index contributed by atoms with van der Waals surface area (Å²) in [5.74, 6) is -0.224. The van der Waals surface area contributed by atoms with Gasteiger partial charge >= 0.3 is 0 Å². The molecule has 0 saturated carbocycles. The normalized spacial score (nSPS) is 13.2. The molecule has 0 fully saturated rings. The van der Waals surface area contributed by atoms with Crippen molar-refractivity contribution >= 4 is 54.2 Å². The lowest BCUT2D eigenvalue weighted by Crippen LogP contribution is -2.21. The zero-order chi connectivity index (χ0) is 15.4. The Hall–Kier alpha value is -1.78. The molecule has 0 aromatic heterocycles. The van der Waals surface area contributed by atoms with E-state index in [2.05, 4.69) is 31.9 Å². The molecule has 2 nitrogen and oxygen atoms in total. The highest BCUT2D eigenvalue weighted by molar-refractivity contribution is 9.11. The van der Waals surface area contributed by atoms with Gasteiger partial charge in [0.25, 0.3) is 0 Å². The molecular formula is C18H8Br2O2. The monoisotopic (exact) mass is 414 g/mol. The minimum atomic E-state index is -0.114. The van der Waals surface area contributed by atoms with Crippen LogP contribution in [0.3, 0.4) is 0 Å². The molecule has 22 heavy (non-hydrogen) atoms. The highest BCUT2D eigenvalue weighted by Gasteiger charge is 2.33. The number of hydrogen-bond acceptors (Lipinski definition) is 2. The van der Waals surface area contributed by atoms with Crippen molar-refractivity contribution in [3.05, 3.63) is 79.7 Å². The molecule has 106 valence electrons.